The van der Waals surface area contributed by atoms with E-state index in [-0.39, 0.29) is 23.4 Å². The zero-order valence-corrected chi connectivity index (χ0v) is 21.0. The number of hydrogen-bond donors (Lipinski definition) is 2. The molecule has 3 aromatic carbocycles. The third-order valence-corrected chi connectivity index (χ3v) is 5.30. The number of rotatable bonds is 6. The van der Waals surface area contributed by atoms with E-state index in [2.05, 4.69) is 10.3 Å². The number of carbonyl (C=O) groups excluding carboxylic acids is 2. The van der Waals surface area contributed by atoms with Gasteiger partial charge in [-0.1, -0.05) is 32.0 Å². The number of hydrogen-bond acceptors (Lipinski definition) is 6. The number of phenolic OH excluding ortho intramolecular Hbond substituents is 1. The monoisotopic (exact) mass is 486 g/mol. The minimum atomic E-state index is -0.164. The van der Waals surface area contributed by atoms with Gasteiger partial charge < -0.3 is 19.6 Å². The number of aromatic hydroxyl groups is 1. The predicted octanol–water partition coefficient (Wildman–Crippen LogP) is 6.51. The first kappa shape index (κ1) is 26.2. The fourth-order valence-electron chi connectivity index (χ4n) is 3.31. The van der Waals surface area contributed by atoms with Gasteiger partial charge in [0.05, 0.1) is 7.11 Å². The molecular formula is C29H30N2O5. The van der Waals surface area contributed by atoms with E-state index in [4.69, 9.17) is 14.3 Å². The van der Waals surface area contributed by atoms with Crippen LogP contribution >= 0.6 is 0 Å². The van der Waals surface area contributed by atoms with Crippen LogP contribution in [-0.4, -0.2) is 28.9 Å². The van der Waals surface area contributed by atoms with Crippen molar-refractivity contribution in [3.63, 3.8) is 0 Å². The topological polar surface area (TPSA) is 102 Å². The van der Waals surface area contributed by atoms with Gasteiger partial charge in [-0.05, 0) is 67.1 Å². The lowest BCUT2D eigenvalue weighted by atomic mass is 10.1. The van der Waals surface area contributed by atoms with Gasteiger partial charge in [-0.15, -0.1) is 0 Å². The second kappa shape index (κ2) is 11.8. The molecule has 0 fully saturated rings. The average Bonchev–Trinajstić information content (AvgIpc) is 3.31. The molecular weight excluding hydrogens is 456 g/mol. The molecule has 36 heavy (non-hydrogen) atoms. The Kier molecular flexibility index (Phi) is 8.62. The van der Waals surface area contributed by atoms with Crippen LogP contribution in [0.4, 0.5) is 5.69 Å². The lowest BCUT2D eigenvalue weighted by Crippen LogP contribution is -2.17. The molecule has 4 rings (SSSR count). The fraction of sp³-hybridized carbons (Fsp3) is 0.207. The van der Waals surface area contributed by atoms with Gasteiger partial charge in [0.1, 0.15) is 11.5 Å². The number of nitrogens with one attached hydrogen (secondary N) is 1. The van der Waals surface area contributed by atoms with Crippen molar-refractivity contribution in [2.24, 2.45) is 5.92 Å². The van der Waals surface area contributed by atoms with E-state index in [0.29, 0.717) is 23.0 Å². The molecule has 1 heterocycles. The first-order chi connectivity index (χ1) is 17.2. The molecule has 4 aromatic rings. The van der Waals surface area contributed by atoms with Crippen LogP contribution in [0, 0.1) is 12.8 Å². The van der Waals surface area contributed by atoms with E-state index in [1.54, 1.807) is 49.6 Å². The Balaban J connectivity index is 0.000000303. The van der Waals surface area contributed by atoms with Crippen LogP contribution in [0.3, 0.4) is 0 Å². The van der Waals surface area contributed by atoms with Crippen LogP contribution in [0.25, 0.3) is 22.8 Å². The quantitative estimate of drug-likeness (QED) is 0.301. The van der Waals surface area contributed by atoms with E-state index in [1.807, 2.05) is 51.1 Å². The number of amides is 1. The molecule has 1 aromatic heterocycles. The number of phenols is 1. The molecule has 7 heteroatoms. The minimum Gasteiger partial charge on any atom is -0.508 e. The van der Waals surface area contributed by atoms with Crippen LogP contribution in [0.15, 0.2) is 77.2 Å². The molecule has 186 valence electrons. The van der Waals surface area contributed by atoms with Crippen molar-refractivity contribution >= 4 is 17.4 Å². The van der Waals surface area contributed by atoms with Crippen LogP contribution in [0.5, 0.6) is 11.5 Å². The van der Waals surface area contributed by atoms with Gasteiger partial charge in [-0.2, -0.15) is 0 Å². The van der Waals surface area contributed by atoms with Crippen molar-refractivity contribution in [3.05, 3.63) is 84.1 Å². The van der Waals surface area contributed by atoms with Crippen molar-refractivity contribution in [1.29, 1.82) is 0 Å². The number of ketones is 1. The Morgan fingerprint density at radius 2 is 1.64 bits per heavy atom. The lowest BCUT2D eigenvalue weighted by molar-refractivity contribution is -0.118. The number of nitrogens with zero attached hydrogens (tertiary/aromatic N) is 1. The molecule has 0 saturated carbocycles. The van der Waals surface area contributed by atoms with Crippen molar-refractivity contribution in [1.82, 2.24) is 4.98 Å². The van der Waals surface area contributed by atoms with Crippen LogP contribution in [0.1, 0.15) is 36.8 Å². The van der Waals surface area contributed by atoms with Gasteiger partial charge in [-0.25, -0.2) is 4.98 Å². The van der Waals surface area contributed by atoms with Gasteiger partial charge in [0.25, 0.3) is 0 Å². The summed E-state index contributed by atoms with van der Waals surface area (Å²) in [7, 11) is 1.61. The molecule has 0 atom stereocenters. The van der Waals surface area contributed by atoms with E-state index < -0.39 is 0 Å². The molecule has 0 aliphatic rings. The molecule has 1 amide bonds. The fourth-order valence-corrected chi connectivity index (χ4v) is 3.31. The molecule has 0 unspecified atom stereocenters. The summed E-state index contributed by atoms with van der Waals surface area (Å²) in [5.74, 6) is 1.61. The van der Waals surface area contributed by atoms with Gasteiger partial charge in [0.15, 0.2) is 17.2 Å². The van der Waals surface area contributed by atoms with Crippen molar-refractivity contribution in [2.45, 2.75) is 27.7 Å². The number of methoxy groups -OCH3 is 1. The standard InChI is InChI=1S/C21H20N2O3.C8H10O2/c1-13(2)20(25)22-17-11-9-15(10-12-17)19-18(14(3)24)23-21(26-19)16-7-5-4-6-8-16;1-6-5-7(9)3-4-8(6)10-2/h4-13H,1-3H3,(H,22,25);3-5,9H,1-2H3. The number of aromatic nitrogens is 1. The summed E-state index contributed by atoms with van der Waals surface area (Å²) in [5.41, 5.74) is 3.47. The highest BCUT2D eigenvalue weighted by Crippen LogP contribution is 2.31. The summed E-state index contributed by atoms with van der Waals surface area (Å²) in [5, 5.41) is 11.8. The van der Waals surface area contributed by atoms with Crippen molar-refractivity contribution in [3.8, 4) is 34.3 Å². The van der Waals surface area contributed by atoms with Gasteiger partial charge >= 0.3 is 0 Å². The molecule has 2 N–H and O–H groups in total. The van der Waals surface area contributed by atoms with Crippen molar-refractivity contribution in [2.75, 3.05) is 12.4 Å². The Bertz CT molecular complexity index is 1330. The summed E-state index contributed by atoms with van der Waals surface area (Å²) in [6.45, 7) is 7.02. The normalized spacial score (nSPS) is 10.4. The number of benzene rings is 3. The molecule has 7 nitrogen and oxygen atoms in total. The summed E-state index contributed by atoms with van der Waals surface area (Å²) >= 11 is 0. The maximum atomic E-state index is 12.0. The van der Waals surface area contributed by atoms with E-state index in [9.17, 15) is 9.59 Å². The SMILES string of the molecule is CC(=O)c1nc(-c2ccccc2)oc1-c1ccc(NC(=O)C(C)C)cc1.COc1ccc(O)cc1C. The third kappa shape index (κ3) is 6.60. The summed E-state index contributed by atoms with van der Waals surface area (Å²) in [4.78, 5) is 28.1. The summed E-state index contributed by atoms with van der Waals surface area (Å²) < 4.78 is 10.9. The lowest BCUT2D eigenvalue weighted by Gasteiger charge is -2.08. The average molecular weight is 487 g/mol. The molecule has 0 saturated heterocycles. The van der Waals surface area contributed by atoms with E-state index in [1.165, 1.54) is 6.92 Å². The highest BCUT2D eigenvalue weighted by Gasteiger charge is 2.19. The first-order valence-corrected chi connectivity index (χ1v) is 11.5. The zero-order valence-electron chi connectivity index (χ0n) is 21.0. The Labute approximate surface area is 210 Å². The number of Topliss-reactive ketones (excluding diaryl/α,β-unsaturated/α-hetero) is 1. The first-order valence-electron chi connectivity index (χ1n) is 11.5. The second-order valence-corrected chi connectivity index (χ2v) is 8.49. The van der Waals surface area contributed by atoms with Crippen LogP contribution in [-0.2, 0) is 4.79 Å². The number of oxazole rings is 1. The molecule has 0 aliphatic heterocycles. The molecule has 0 bridgehead atoms. The number of anilines is 1. The number of carbonyl (C=O) groups is 2. The van der Waals surface area contributed by atoms with Crippen molar-refractivity contribution < 1.29 is 23.8 Å². The van der Waals surface area contributed by atoms with Gasteiger partial charge in [0, 0.05) is 29.7 Å². The van der Waals surface area contributed by atoms with Gasteiger partial charge in [-0.3, -0.25) is 9.59 Å². The number of ether oxygens (including phenoxy) is 1. The maximum absolute atomic E-state index is 12.0. The zero-order chi connectivity index (χ0) is 26.2. The summed E-state index contributed by atoms with van der Waals surface area (Å²) in [6.07, 6.45) is 0. The van der Waals surface area contributed by atoms with E-state index >= 15 is 0 Å². The Morgan fingerprint density at radius 3 is 2.19 bits per heavy atom. The van der Waals surface area contributed by atoms with Crippen LogP contribution in [0.2, 0.25) is 0 Å². The Hall–Kier alpha value is -4.39. The van der Waals surface area contributed by atoms with Crippen LogP contribution < -0.4 is 10.1 Å². The third-order valence-electron chi connectivity index (χ3n) is 5.30. The highest BCUT2D eigenvalue weighted by molar-refractivity contribution is 5.98. The van der Waals surface area contributed by atoms with Gasteiger partial charge in [0.2, 0.25) is 11.8 Å². The highest BCUT2D eigenvalue weighted by atomic mass is 16.5. The molecule has 0 spiro atoms. The smallest absolute Gasteiger partial charge is 0.227 e. The second-order valence-electron chi connectivity index (χ2n) is 8.49. The molecule has 0 aliphatic carbocycles. The molecule has 0 radical (unpaired) electrons. The number of aryl methyl sites for hydroxylation is 1. The maximum Gasteiger partial charge on any atom is 0.227 e. The largest absolute Gasteiger partial charge is 0.508 e. The summed E-state index contributed by atoms with van der Waals surface area (Å²) in [6, 6.07) is 21.6. The predicted molar refractivity (Wildman–Crippen MR) is 140 cm³/mol. The minimum absolute atomic E-state index is 0.0480. The Morgan fingerprint density at radius 1 is 0.972 bits per heavy atom. The van der Waals surface area contributed by atoms with E-state index in [0.717, 1.165) is 22.4 Å².